The summed E-state index contributed by atoms with van der Waals surface area (Å²) in [4.78, 5) is 4.11. The Balaban J connectivity index is 2.09. The molecule has 8 heteroatoms. The van der Waals surface area contributed by atoms with Crippen LogP contribution in [0.3, 0.4) is 0 Å². The maximum atomic E-state index is 12.1. The summed E-state index contributed by atoms with van der Waals surface area (Å²) in [5.74, 6) is 0.320. The summed E-state index contributed by atoms with van der Waals surface area (Å²) in [6.45, 7) is 1.43. The lowest BCUT2D eigenvalue weighted by molar-refractivity contribution is -0.274. The fourth-order valence-electron chi connectivity index (χ4n) is 1.40. The van der Waals surface area contributed by atoms with E-state index in [9.17, 15) is 13.2 Å². The Morgan fingerprint density at radius 2 is 2.17 bits per heavy atom. The van der Waals surface area contributed by atoms with Crippen LogP contribution in [0.15, 0.2) is 27.7 Å². The van der Waals surface area contributed by atoms with E-state index in [0.717, 1.165) is 6.54 Å². The SMILES string of the molecule is FC(F)(F)Oc1ccc(NC2=NCCN2)cc1Br. The highest BCUT2D eigenvalue weighted by atomic mass is 79.9. The van der Waals surface area contributed by atoms with Gasteiger partial charge in [-0.25, -0.2) is 0 Å². The van der Waals surface area contributed by atoms with Gasteiger partial charge < -0.3 is 15.4 Å². The fourth-order valence-corrected chi connectivity index (χ4v) is 1.86. The van der Waals surface area contributed by atoms with Crippen molar-refractivity contribution in [2.75, 3.05) is 18.4 Å². The van der Waals surface area contributed by atoms with Crippen molar-refractivity contribution in [3.8, 4) is 5.75 Å². The molecule has 1 aromatic rings. The van der Waals surface area contributed by atoms with Crippen molar-refractivity contribution in [1.82, 2.24) is 5.32 Å². The summed E-state index contributed by atoms with van der Waals surface area (Å²) in [5.41, 5.74) is 0.615. The predicted octanol–water partition coefficient (Wildman–Crippen LogP) is 2.72. The van der Waals surface area contributed by atoms with Gasteiger partial charge in [-0.1, -0.05) is 0 Å². The average molecular weight is 324 g/mol. The van der Waals surface area contributed by atoms with Crippen molar-refractivity contribution >= 4 is 27.6 Å². The molecule has 1 aliphatic rings. The molecule has 0 spiro atoms. The Labute approximate surface area is 109 Å². The number of anilines is 1. The van der Waals surface area contributed by atoms with Gasteiger partial charge in [0.1, 0.15) is 5.75 Å². The molecule has 0 fully saturated rings. The van der Waals surface area contributed by atoms with E-state index in [-0.39, 0.29) is 10.2 Å². The Bertz CT molecular complexity index is 476. The van der Waals surface area contributed by atoms with Gasteiger partial charge in [0.25, 0.3) is 0 Å². The number of hydrogen-bond acceptors (Lipinski definition) is 4. The quantitative estimate of drug-likeness (QED) is 0.879. The molecular weight excluding hydrogens is 315 g/mol. The summed E-state index contributed by atoms with van der Waals surface area (Å²) < 4.78 is 40.2. The van der Waals surface area contributed by atoms with Crippen molar-refractivity contribution in [2.45, 2.75) is 6.36 Å². The van der Waals surface area contributed by atoms with Gasteiger partial charge in [-0.2, -0.15) is 0 Å². The van der Waals surface area contributed by atoms with Gasteiger partial charge in [-0.3, -0.25) is 4.99 Å². The van der Waals surface area contributed by atoms with E-state index < -0.39 is 6.36 Å². The average Bonchev–Trinajstić information content (AvgIpc) is 2.73. The first-order valence-corrected chi connectivity index (χ1v) is 5.84. The molecule has 98 valence electrons. The molecule has 2 N–H and O–H groups in total. The Kier molecular flexibility index (Phi) is 3.65. The third-order valence-corrected chi connectivity index (χ3v) is 2.71. The molecule has 18 heavy (non-hydrogen) atoms. The molecule has 0 bridgehead atoms. The minimum absolute atomic E-state index is 0.212. The molecular formula is C10H9BrF3N3O. The number of halogens is 4. The molecule has 1 aliphatic heterocycles. The van der Waals surface area contributed by atoms with Crippen LogP contribution in [-0.2, 0) is 0 Å². The van der Waals surface area contributed by atoms with E-state index >= 15 is 0 Å². The zero-order valence-corrected chi connectivity index (χ0v) is 10.6. The first kappa shape index (κ1) is 13.0. The molecule has 0 unspecified atom stereocenters. The van der Waals surface area contributed by atoms with Gasteiger partial charge in [0.15, 0.2) is 5.96 Å². The van der Waals surface area contributed by atoms with Crippen LogP contribution in [0.4, 0.5) is 18.9 Å². The molecule has 2 rings (SSSR count). The van der Waals surface area contributed by atoms with E-state index in [0.29, 0.717) is 18.2 Å². The zero-order chi connectivity index (χ0) is 13.2. The Morgan fingerprint density at radius 3 is 2.72 bits per heavy atom. The summed E-state index contributed by atoms with van der Waals surface area (Å²) >= 11 is 3.02. The minimum atomic E-state index is -4.70. The van der Waals surface area contributed by atoms with Crippen molar-refractivity contribution in [3.63, 3.8) is 0 Å². The summed E-state index contributed by atoms with van der Waals surface area (Å²) in [6.07, 6.45) is -4.70. The normalized spacial score (nSPS) is 15.0. The third-order valence-electron chi connectivity index (χ3n) is 2.09. The first-order valence-electron chi connectivity index (χ1n) is 5.05. The van der Waals surface area contributed by atoms with Crippen molar-refractivity contribution < 1.29 is 17.9 Å². The van der Waals surface area contributed by atoms with Crippen LogP contribution in [0.1, 0.15) is 0 Å². The first-order chi connectivity index (χ1) is 8.44. The molecule has 4 nitrogen and oxygen atoms in total. The van der Waals surface area contributed by atoms with E-state index in [1.807, 2.05) is 0 Å². The molecule has 0 radical (unpaired) electrons. The lowest BCUT2D eigenvalue weighted by Crippen LogP contribution is -2.26. The van der Waals surface area contributed by atoms with Crippen molar-refractivity contribution in [1.29, 1.82) is 0 Å². The van der Waals surface area contributed by atoms with Crippen LogP contribution < -0.4 is 15.4 Å². The van der Waals surface area contributed by atoms with Gasteiger partial charge in [0.2, 0.25) is 0 Å². The van der Waals surface area contributed by atoms with E-state index in [4.69, 9.17) is 0 Å². The van der Waals surface area contributed by atoms with Crippen molar-refractivity contribution in [2.24, 2.45) is 4.99 Å². The van der Waals surface area contributed by atoms with Gasteiger partial charge in [-0.15, -0.1) is 13.2 Å². The maximum Gasteiger partial charge on any atom is 0.573 e. The van der Waals surface area contributed by atoms with Crippen LogP contribution in [0.5, 0.6) is 5.75 Å². The zero-order valence-electron chi connectivity index (χ0n) is 9.01. The second-order valence-corrected chi connectivity index (χ2v) is 4.33. The Morgan fingerprint density at radius 1 is 1.39 bits per heavy atom. The predicted molar refractivity (Wildman–Crippen MR) is 64.8 cm³/mol. The molecule has 1 heterocycles. The summed E-state index contributed by atoms with van der Waals surface area (Å²) in [7, 11) is 0. The summed E-state index contributed by atoms with van der Waals surface area (Å²) in [6, 6.07) is 4.20. The highest BCUT2D eigenvalue weighted by Gasteiger charge is 2.31. The second kappa shape index (κ2) is 5.05. The molecule has 0 saturated carbocycles. The van der Waals surface area contributed by atoms with Crippen molar-refractivity contribution in [3.05, 3.63) is 22.7 Å². The van der Waals surface area contributed by atoms with Crippen LogP contribution in [0, 0.1) is 0 Å². The molecule has 0 atom stereocenters. The topological polar surface area (TPSA) is 45.6 Å². The number of ether oxygens (including phenoxy) is 1. The van der Waals surface area contributed by atoms with Gasteiger partial charge in [0, 0.05) is 12.2 Å². The highest BCUT2D eigenvalue weighted by Crippen LogP contribution is 2.32. The molecule has 0 amide bonds. The number of aliphatic imine (C=N–C) groups is 1. The van der Waals surface area contributed by atoms with Gasteiger partial charge in [0.05, 0.1) is 11.0 Å². The monoisotopic (exact) mass is 323 g/mol. The largest absolute Gasteiger partial charge is 0.573 e. The number of nitrogens with one attached hydrogen (secondary N) is 2. The molecule has 0 saturated heterocycles. The van der Waals surface area contributed by atoms with Gasteiger partial charge in [-0.05, 0) is 34.1 Å². The standard InChI is InChI=1S/C10H9BrF3N3O/c11-7-5-6(17-9-15-3-4-16-9)1-2-8(7)18-10(12,13)14/h1-2,5H,3-4H2,(H2,15,16,17). The lowest BCUT2D eigenvalue weighted by Gasteiger charge is -2.12. The number of rotatable bonds is 2. The molecule has 0 aliphatic carbocycles. The second-order valence-electron chi connectivity index (χ2n) is 3.48. The van der Waals surface area contributed by atoms with Crippen LogP contribution in [0.25, 0.3) is 0 Å². The minimum Gasteiger partial charge on any atom is -0.405 e. The van der Waals surface area contributed by atoms with E-state index in [1.54, 1.807) is 0 Å². The number of alkyl halides is 3. The number of hydrogen-bond donors (Lipinski definition) is 2. The van der Waals surface area contributed by atoms with E-state index in [2.05, 4.69) is 36.3 Å². The third kappa shape index (κ3) is 3.52. The van der Waals surface area contributed by atoms with Crippen LogP contribution in [-0.4, -0.2) is 25.4 Å². The summed E-state index contributed by atoms with van der Waals surface area (Å²) in [5, 5.41) is 5.93. The molecule has 0 aromatic heterocycles. The number of guanidine groups is 1. The fraction of sp³-hybridized carbons (Fsp3) is 0.300. The van der Waals surface area contributed by atoms with Crippen LogP contribution >= 0.6 is 15.9 Å². The van der Waals surface area contributed by atoms with Crippen LogP contribution in [0.2, 0.25) is 0 Å². The smallest absolute Gasteiger partial charge is 0.405 e. The number of benzene rings is 1. The number of nitrogens with zero attached hydrogens (tertiary/aromatic N) is 1. The van der Waals surface area contributed by atoms with Gasteiger partial charge >= 0.3 is 6.36 Å². The van der Waals surface area contributed by atoms with E-state index in [1.165, 1.54) is 18.2 Å². The lowest BCUT2D eigenvalue weighted by atomic mass is 10.3. The Hall–Kier alpha value is -1.44. The highest BCUT2D eigenvalue weighted by molar-refractivity contribution is 9.10. The maximum absolute atomic E-state index is 12.1. The molecule has 1 aromatic carbocycles.